The number of piperidine rings is 1. The lowest BCUT2D eigenvalue weighted by Gasteiger charge is -2.39. The van der Waals surface area contributed by atoms with Gasteiger partial charge in [0.05, 0.1) is 5.92 Å². The highest BCUT2D eigenvalue weighted by atomic mass is 16.3. The predicted octanol–water partition coefficient (Wildman–Crippen LogP) is 0.479. The van der Waals surface area contributed by atoms with Crippen LogP contribution in [0.2, 0.25) is 0 Å². The Bertz CT molecular complexity index is 636. The number of amides is 3. The summed E-state index contributed by atoms with van der Waals surface area (Å²) in [5.41, 5.74) is 6.64. The van der Waals surface area contributed by atoms with Crippen LogP contribution in [0.15, 0.2) is 24.5 Å². The molecule has 0 bridgehead atoms. The van der Waals surface area contributed by atoms with Crippen molar-refractivity contribution in [3.63, 3.8) is 0 Å². The number of carbonyl (C=O) groups excluding carboxylic acids is 2. The normalized spacial score (nSPS) is 19.7. The summed E-state index contributed by atoms with van der Waals surface area (Å²) in [5, 5.41) is 9.88. The van der Waals surface area contributed by atoms with Gasteiger partial charge in [0.15, 0.2) is 0 Å². The summed E-state index contributed by atoms with van der Waals surface area (Å²) in [6.45, 7) is 4.60. The molecule has 0 aliphatic carbocycles. The number of carbonyl (C=O) groups is 3. The smallest absolute Gasteiger partial charge is 0.317 e. The van der Waals surface area contributed by atoms with E-state index in [1.165, 1.54) is 5.56 Å². The zero-order valence-corrected chi connectivity index (χ0v) is 16.0. The molecule has 1 unspecified atom stereocenters. The minimum Gasteiger partial charge on any atom is -0.483 e. The molecule has 4 N–H and O–H groups in total. The van der Waals surface area contributed by atoms with Crippen molar-refractivity contribution in [2.75, 3.05) is 39.3 Å². The Morgan fingerprint density at radius 2 is 1.96 bits per heavy atom. The van der Waals surface area contributed by atoms with Gasteiger partial charge in [-0.3, -0.25) is 14.6 Å². The second-order valence-corrected chi connectivity index (χ2v) is 7.12. The lowest BCUT2D eigenvalue weighted by Crippen LogP contribution is -2.52. The number of rotatable bonds is 6. The number of likely N-dealkylation sites (tertiary alicyclic amines) is 2. The van der Waals surface area contributed by atoms with Gasteiger partial charge < -0.3 is 26.0 Å². The molecule has 0 spiro atoms. The summed E-state index contributed by atoms with van der Waals surface area (Å²) in [5.74, 6) is 0.210. The van der Waals surface area contributed by atoms with E-state index in [9.17, 15) is 9.59 Å². The van der Waals surface area contributed by atoms with E-state index in [0.29, 0.717) is 12.5 Å². The van der Waals surface area contributed by atoms with Gasteiger partial charge in [-0.1, -0.05) is 0 Å². The van der Waals surface area contributed by atoms with Gasteiger partial charge in [0.2, 0.25) is 5.91 Å². The first-order chi connectivity index (χ1) is 13.5. The maximum atomic E-state index is 12.1. The number of urea groups is 1. The summed E-state index contributed by atoms with van der Waals surface area (Å²) >= 11 is 0. The van der Waals surface area contributed by atoms with E-state index in [1.54, 1.807) is 12.4 Å². The second-order valence-electron chi connectivity index (χ2n) is 7.12. The molecular weight excluding hydrogens is 362 g/mol. The largest absolute Gasteiger partial charge is 0.483 e. The Hall–Kier alpha value is -2.68. The van der Waals surface area contributed by atoms with Gasteiger partial charge >= 0.3 is 6.03 Å². The molecule has 3 amide bonds. The fourth-order valence-electron chi connectivity index (χ4n) is 3.59. The fraction of sp³-hybridized carbons (Fsp3) is 0.579. The van der Waals surface area contributed by atoms with Crippen LogP contribution in [-0.2, 0) is 9.59 Å². The average Bonchev–Trinajstić information content (AvgIpc) is 2.66. The van der Waals surface area contributed by atoms with Crippen molar-refractivity contribution in [1.29, 1.82) is 0 Å². The maximum absolute atomic E-state index is 12.1. The highest BCUT2D eigenvalue weighted by Crippen LogP contribution is 2.26. The van der Waals surface area contributed by atoms with Gasteiger partial charge in [-0.05, 0) is 50.0 Å². The van der Waals surface area contributed by atoms with Crippen molar-refractivity contribution in [2.24, 2.45) is 11.7 Å². The highest BCUT2D eigenvalue weighted by molar-refractivity contribution is 5.77. The monoisotopic (exact) mass is 391 g/mol. The molecule has 1 aromatic heterocycles. The Morgan fingerprint density at radius 1 is 1.29 bits per heavy atom. The van der Waals surface area contributed by atoms with Crippen molar-refractivity contribution < 1.29 is 19.5 Å². The number of pyridine rings is 1. The van der Waals surface area contributed by atoms with Gasteiger partial charge in [-0.2, -0.15) is 0 Å². The van der Waals surface area contributed by atoms with Crippen molar-refractivity contribution in [3.05, 3.63) is 30.1 Å². The molecule has 2 fully saturated rings. The number of primary amides is 1. The minimum atomic E-state index is -0.250. The molecule has 2 aliphatic heterocycles. The SMILES string of the molecule is NC(=O)C1CCCN(CCCNC(=O)N2CC(c3ccncc3)C2)C1.O=CO. The Morgan fingerprint density at radius 3 is 2.61 bits per heavy atom. The van der Waals surface area contributed by atoms with E-state index in [4.69, 9.17) is 15.6 Å². The molecule has 1 aromatic rings. The summed E-state index contributed by atoms with van der Waals surface area (Å²) < 4.78 is 0. The maximum Gasteiger partial charge on any atom is 0.317 e. The van der Waals surface area contributed by atoms with Gasteiger partial charge in [0, 0.05) is 44.5 Å². The fourth-order valence-corrected chi connectivity index (χ4v) is 3.59. The first-order valence-electron chi connectivity index (χ1n) is 9.57. The van der Waals surface area contributed by atoms with E-state index >= 15 is 0 Å². The van der Waals surface area contributed by atoms with Crippen LogP contribution in [0.25, 0.3) is 0 Å². The number of hydrogen-bond donors (Lipinski definition) is 3. The third kappa shape index (κ3) is 6.49. The van der Waals surface area contributed by atoms with Crippen molar-refractivity contribution >= 4 is 18.4 Å². The van der Waals surface area contributed by atoms with Crippen LogP contribution in [0.1, 0.15) is 30.7 Å². The first-order valence-corrected chi connectivity index (χ1v) is 9.57. The van der Waals surface area contributed by atoms with Gasteiger partial charge in [0.1, 0.15) is 0 Å². The third-order valence-corrected chi connectivity index (χ3v) is 5.18. The molecular formula is C19H29N5O4. The molecule has 9 nitrogen and oxygen atoms in total. The lowest BCUT2D eigenvalue weighted by atomic mass is 9.93. The van der Waals surface area contributed by atoms with Crippen molar-refractivity contribution in [1.82, 2.24) is 20.1 Å². The number of carboxylic acid groups (broad SMARTS) is 1. The van der Waals surface area contributed by atoms with Crippen LogP contribution < -0.4 is 11.1 Å². The third-order valence-electron chi connectivity index (χ3n) is 5.18. The molecule has 0 radical (unpaired) electrons. The summed E-state index contributed by atoms with van der Waals surface area (Å²) in [7, 11) is 0. The number of nitrogens with one attached hydrogen (secondary N) is 1. The Balaban J connectivity index is 0.000000878. The summed E-state index contributed by atoms with van der Waals surface area (Å²) in [4.78, 5) is 39.9. The second kappa shape index (κ2) is 11.2. The van der Waals surface area contributed by atoms with Gasteiger partial charge in [-0.15, -0.1) is 0 Å². The van der Waals surface area contributed by atoms with Crippen LogP contribution in [0.3, 0.4) is 0 Å². The molecule has 9 heteroatoms. The molecule has 2 aliphatic rings. The molecule has 1 atom stereocenters. The number of nitrogens with two attached hydrogens (primary N) is 1. The quantitative estimate of drug-likeness (QED) is 0.478. The van der Waals surface area contributed by atoms with Gasteiger partial charge in [-0.25, -0.2) is 4.79 Å². The zero-order chi connectivity index (χ0) is 20.4. The molecule has 0 aromatic carbocycles. The van der Waals surface area contributed by atoms with E-state index < -0.39 is 0 Å². The van der Waals surface area contributed by atoms with Crippen LogP contribution in [0.5, 0.6) is 0 Å². The van der Waals surface area contributed by atoms with E-state index in [1.807, 2.05) is 17.0 Å². The first kappa shape index (κ1) is 21.6. The van der Waals surface area contributed by atoms with Gasteiger partial charge in [0.25, 0.3) is 6.47 Å². The summed E-state index contributed by atoms with van der Waals surface area (Å²) in [6.07, 6.45) is 6.39. The zero-order valence-electron chi connectivity index (χ0n) is 16.0. The Labute approximate surface area is 164 Å². The topological polar surface area (TPSA) is 129 Å². The van der Waals surface area contributed by atoms with E-state index in [0.717, 1.165) is 52.0 Å². The van der Waals surface area contributed by atoms with Crippen LogP contribution >= 0.6 is 0 Å². The van der Waals surface area contributed by atoms with Crippen LogP contribution in [-0.4, -0.2) is 77.6 Å². The molecule has 28 heavy (non-hydrogen) atoms. The van der Waals surface area contributed by atoms with E-state index in [-0.39, 0.29) is 24.3 Å². The van der Waals surface area contributed by atoms with Crippen LogP contribution in [0.4, 0.5) is 4.79 Å². The minimum absolute atomic E-state index is 0.0129. The Kier molecular flexibility index (Phi) is 8.67. The lowest BCUT2D eigenvalue weighted by molar-refractivity contribution is -0.124. The highest BCUT2D eigenvalue weighted by Gasteiger charge is 2.31. The summed E-state index contributed by atoms with van der Waals surface area (Å²) in [6, 6.07) is 4.04. The number of aromatic nitrogens is 1. The molecule has 3 rings (SSSR count). The average molecular weight is 391 g/mol. The van der Waals surface area contributed by atoms with Crippen molar-refractivity contribution in [3.8, 4) is 0 Å². The number of hydrogen-bond acceptors (Lipinski definition) is 5. The standard InChI is InChI=1S/C18H27N5O2.CH2O2/c19-17(24)15-3-1-9-22(11-15)10-2-6-21-18(25)23-12-16(13-23)14-4-7-20-8-5-14;2-1-3/h4-5,7-8,15-16H,1-3,6,9-13H2,(H2,19,24)(H,21,25);1H,(H,2,3). The molecule has 0 saturated carbocycles. The number of nitrogens with zero attached hydrogens (tertiary/aromatic N) is 3. The van der Waals surface area contributed by atoms with E-state index in [2.05, 4.69) is 15.2 Å². The van der Waals surface area contributed by atoms with Crippen LogP contribution in [0, 0.1) is 5.92 Å². The van der Waals surface area contributed by atoms with Crippen molar-refractivity contribution in [2.45, 2.75) is 25.2 Å². The predicted molar refractivity (Wildman–Crippen MR) is 104 cm³/mol. The molecule has 154 valence electrons. The molecule has 2 saturated heterocycles. The molecule has 3 heterocycles.